The van der Waals surface area contributed by atoms with Gasteiger partial charge in [-0.15, -0.1) is 6.58 Å². The highest BCUT2D eigenvalue weighted by atomic mass is 14.9. The molecular weight excluding hydrogens is 170 g/mol. The van der Waals surface area contributed by atoms with Crippen molar-refractivity contribution in [3.63, 3.8) is 0 Å². The van der Waals surface area contributed by atoms with E-state index >= 15 is 0 Å². The quantitative estimate of drug-likeness (QED) is 0.484. The van der Waals surface area contributed by atoms with E-state index in [9.17, 15) is 0 Å². The Morgan fingerprint density at radius 1 is 1.36 bits per heavy atom. The van der Waals surface area contributed by atoms with Crippen LogP contribution in [0.15, 0.2) is 12.7 Å². The maximum Gasteiger partial charge on any atom is 0.00982 e. The van der Waals surface area contributed by atoms with Gasteiger partial charge in [0.25, 0.3) is 0 Å². The van der Waals surface area contributed by atoms with Crippen molar-refractivity contribution in [2.24, 2.45) is 5.92 Å². The van der Waals surface area contributed by atoms with Gasteiger partial charge in [-0.1, -0.05) is 32.3 Å². The molecule has 1 saturated carbocycles. The van der Waals surface area contributed by atoms with Gasteiger partial charge in [-0.25, -0.2) is 0 Å². The number of hydrogen-bond acceptors (Lipinski definition) is 1. The minimum absolute atomic E-state index is 0.782. The lowest BCUT2D eigenvalue weighted by Crippen LogP contribution is -2.32. The third-order valence-corrected chi connectivity index (χ3v) is 3.32. The lowest BCUT2D eigenvalue weighted by atomic mass is 9.99. The molecule has 0 aromatic heterocycles. The minimum Gasteiger partial charge on any atom is -0.314 e. The Morgan fingerprint density at radius 3 is 2.93 bits per heavy atom. The Balaban J connectivity index is 2.12. The van der Waals surface area contributed by atoms with Gasteiger partial charge < -0.3 is 5.32 Å². The molecule has 2 unspecified atom stereocenters. The first-order valence-electron chi connectivity index (χ1n) is 6.22. The molecular formula is C13H25N. The maximum atomic E-state index is 3.84. The van der Waals surface area contributed by atoms with Crippen LogP contribution in [0.2, 0.25) is 0 Å². The Bertz CT molecular complexity index is 153. The van der Waals surface area contributed by atoms with Crippen LogP contribution in [0.5, 0.6) is 0 Å². The van der Waals surface area contributed by atoms with Gasteiger partial charge in [-0.05, 0) is 38.1 Å². The molecule has 0 amide bonds. The van der Waals surface area contributed by atoms with Gasteiger partial charge in [-0.2, -0.15) is 0 Å². The fourth-order valence-electron chi connectivity index (χ4n) is 2.46. The van der Waals surface area contributed by atoms with Crippen LogP contribution in [-0.4, -0.2) is 12.6 Å². The Kier molecular flexibility index (Phi) is 5.93. The van der Waals surface area contributed by atoms with Crippen molar-refractivity contribution in [3.8, 4) is 0 Å². The first-order valence-corrected chi connectivity index (χ1v) is 6.22. The summed E-state index contributed by atoms with van der Waals surface area (Å²) in [6, 6.07) is 0.782. The average Bonchev–Trinajstić information content (AvgIpc) is 2.61. The topological polar surface area (TPSA) is 12.0 Å². The van der Waals surface area contributed by atoms with E-state index in [1.807, 2.05) is 0 Å². The number of allylic oxidation sites excluding steroid dienone is 1. The molecule has 1 aliphatic carbocycles. The molecule has 0 bridgehead atoms. The van der Waals surface area contributed by atoms with Gasteiger partial charge >= 0.3 is 0 Å². The van der Waals surface area contributed by atoms with E-state index in [1.54, 1.807) is 0 Å². The summed E-state index contributed by atoms with van der Waals surface area (Å²) >= 11 is 0. The molecule has 0 aromatic rings. The molecule has 0 radical (unpaired) electrons. The van der Waals surface area contributed by atoms with E-state index < -0.39 is 0 Å². The van der Waals surface area contributed by atoms with Crippen LogP contribution in [0.1, 0.15) is 51.9 Å². The molecule has 0 spiro atoms. The average molecular weight is 195 g/mol. The Hall–Kier alpha value is -0.300. The monoisotopic (exact) mass is 195 g/mol. The molecule has 0 aromatic carbocycles. The number of nitrogens with one attached hydrogen (secondary N) is 1. The predicted molar refractivity (Wildman–Crippen MR) is 63.5 cm³/mol. The standard InChI is InChI=1S/C13H25N/c1-3-5-6-11-14-13-10-7-9-12(13)8-4-2/h4,12-14H,2-3,5-11H2,1H3. The molecule has 1 rings (SSSR count). The summed E-state index contributed by atoms with van der Waals surface area (Å²) in [7, 11) is 0. The van der Waals surface area contributed by atoms with Crippen LogP contribution in [0.4, 0.5) is 0 Å². The molecule has 2 atom stereocenters. The fraction of sp³-hybridized carbons (Fsp3) is 0.846. The summed E-state index contributed by atoms with van der Waals surface area (Å²) in [5.74, 6) is 0.870. The predicted octanol–water partition coefficient (Wildman–Crippen LogP) is 3.51. The van der Waals surface area contributed by atoms with Crippen molar-refractivity contribution < 1.29 is 0 Å². The molecule has 1 N–H and O–H groups in total. The van der Waals surface area contributed by atoms with Crippen LogP contribution < -0.4 is 5.32 Å². The molecule has 14 heavy (non-hydrogen) atoms. The largest absolute Gasteiger partial charge is 0.314 e. The van der Waals surface area contributed by atoms with Crippen LogP contribution in [-0.2, 0) is 0 Å². The van der Waals surface area contributed by atoms with Crippen molar-refractivity contribution in [2.75, 3.05) is 6.54 Å². The summed E-state index contributed by atoms with van der Waals surface area (Å²) in [6.07, 6.45) is 11.5. The van der Waals surface area contributed by atoms with Crippen LogP contribution >= 0.6 is 0 Å². The summed E-state index contributed by atoms with van der Waals surface area (Å²) < 4.78 is 0. The number of rotatable bonds is 7. The van der Waals surface area contributed by atoms with Gasteiger partial charge in [0.15, 0.2) is 0 Å². The van der Waals surface area contributed by atoms with Crippen molar-refractivity contribution in [1.82, 2.24) is 5.32 Å². The SMILES string of the molecule is C=CCC1CCCC1NCCCCC. The van der Waals surface area contributed by atoms with Gasteiger partial charge in [0.05, 0.1) is 0 Å². The van der Waals surface area contributed by atoms with Crippen LogP contribution in [0, 0.1) is 5.92 Å². The van der Waals surface area contributed by atoms with Crippen LogP contribution in [0.3, 0.4) is 0 Å². The minimum atomic E-state index is 0.782. The zero-order valence-electron chi connectivity index (χ0n) is 9.60. The Morgan fingerprint density at radius 2 is 2.21 bits per heavy atom. The van der Waals surface area contributed by atoms with E-state index in [0.717, 1.165) is 12.0 Å². The molecule has 0 saturated heterocycles. The molecule has 0 heterocycles. The maximum absolute atomic E-state index is 3.84. The van der Waals surface area contributed by atoms with E-state index in [4.69, 9.17) is 0 Å². The number of hydrogen-bond donors (Lipinski definition) is 1. The molecule has 1 aliphatic rings. The molecule has 1 fully saturated rings. The molecule has 0 aliphatic heterocycles. The molecule has 1 heteroatoms. The molecule has 1 nitrogen and oxygen atoms in total. The van der Waals surface area contributed by atoms with E-state index in [-0.39, 0.29) is 0 Å². The smallest absolute Gasteiger partial charge is 0.00982 e. The third kappa shape index (κ3) is 3.83. The van der Waals surface area contributed by atoms with Gasteiger partial charge in [0.1, 0.15) is 0 Å². The van der Waals surface area contributed by atoms with Crippen molar-refractivity contribution in [2.45, 2.75) is 57.9 Å². The lowest BCUT2D eigenvalue weighted by molar-refractivity contribution is 0.399. The van der Waals surface area contributed by atoms with Gasteiger partial charge in [0.2, 0.25) is 0 Å². The van der Waals surface area contributed by atoms with Crippen LogP contribution in [0.25, 0.3) is 0 Å². The first kappa shape index (κ1) is 11.8. The fourth-order valence-corrected chi connectivity index (χ4v) is 2.46. The Labute approximate surface area is 89.0 Å². The highest BCUT2D eigenvalue weighted by Gasteiger charge is 2.24. The van der Waals surface area contributed by atoms with E-state index in [1.165, 1.54) is 51.5 Å². The molecule has 82 valence electrons. The summed E-state index contributed by atoms with van der Waals surface area (Å²) in [6.45, 7) is 7.31. The van der Waals surface area contributed by atoms with Gasteiger partial charge in [0, 0.05) is 6.04 Å². The van der Waals surface area contributed by atoms with Crippen molar-refractivity contribution >= 4 is 0 Å². The van der Waals surface area contributed by atoms with Gasteiger partial charge in [-0.3, -0.25) is 0 Å². The van der Waals surface area contributed by atoms with Crippen molar-refractivity contribution in [3.05, 3.63) is 12.7 Å². The highest BCUT2D eigenvalue weighted by Crippen LogP contribution is 2.28. The second kappa shape index (κ2) is 7.05. The summed E-state index contributed by atoms with van der Waals surface area (Å²) in [4.78, 5) is 0. The second-order valence-corrected chi connectivity index (χ2v) is 4.48. The zero-order valence-corrected chi connectivity index (χ0v) is 9.60. The lowest BCUT2D eigenvalue weighted by Gasteiger charge is -2.19. The van der Waals surface area contributed by atoms with E-state index in [0.29, 0.717) is 0 Å². The normalized spacial score (nSPS) is 26.6. The highest BCUT2D eigenvalue weighted by molar-refractivity contribution is 4.87. The van der Waals surface area contributed by atoms with Crippen molar-refractivity contribution in [1.29, 1.82) is 0 Å². The number of unbranched alkanes of at least 4 members (excludes halogenated alkanes) is 2. The third-order valence-electron chi connectivity index (χ3n) is 3.32. The summed E-state index contributed by atoms with van der Waals surface area (Å²) in [5, 5.41) is 3.70. The first-order chi connectivity index (χ1) is 6.88. The summed E-state index contributed by atoms with van der Waals surface area (Å²) in [5.41, 5.74) is 0. The van der Waals surface area contributed by atoms with E-state index in [2.05, 4.69) is 24.9 Å². The zero-order chi connectivity index (χ0) is 10.2. The second-order valence-electron chi connectivity index (χ2n) is 4.48.